The van der Waals surface area contributed by atoms with Gasteiger partial charge in [0.1, 0.15) is 5.60 Å². The summed E-state index contributed by atoms with van der Waals surface area (Å²) in [5.41, 5.74) is -0.521. The number of carbonyl (C=O) groups excluding carboxylic acids is 2. The lowest BCUT2D eigenvalue weighted by atomic mass is 9.90. The Morgan fingerprint density at radius 1 is 1.39 bits per heavy atom. The van der Waals surface area contributed by atoms with Gasteiger partial charge in [-0.1, -0.05) is 6.92 Å². The van der Waals surface area contributed by atoms with Gasteiger partial charge in [-0.25, -0.2) is 4.79 Å². The maximum absolute atomic E-state index is 12.5. The molecule has 2 atom stereocenters. The van der Waals surface area contributed by atoms with Crippen LogP contribution in [0.4, 0.5) is 4.79 Å². The van der Waals surface area contributed by atoms with E-state index in [1.54, 1.807) is 4.90 Å². The fraction of sp³-hybridized carbons (Fsp3) is 0.647. The third-order valence-electron chi connectivity index (χ3n) is 3.88. The number of likely N-dealkylation sites (tertiary alicyclic amines) is 1. The summed E-state index contributed by atoms with van der Waals surface area (Å²) in [5.74, 6) is 0.606. The van der Waals surface area contributed by atoms with Crippen LogP contribution in [0.5, 0.6) is 0 Å². The zero-order chi connectivity index (χ0) is 17.2. The van der Waals surface area contributed by atoms with Gasteiger partial charge >= 0.3 is 6.09 Å². The number of nitrogens with zero attached hydrogens (tertiary/aromatic N) is 1. The van der Waals surface area contributed by atoms with Crippen LogP contribution in [0.25, 0.3) is 0 Å². The molecule has 4 nitrogen and oxygen atoms in total. The molecule has 2 rings (SSSR count). The van der Waals surface area contributed by atoms with Gasteiger partial charge in [-0.15, -0.1) is 11.3 Å². The fourth-order valence-corrected chi connectivity index (χ4v) is 4.12. The van der Waals surface area contributed by atoms with Gasteiger partial charge < -0.3 is 9.64 Å². The predicted octanol–water partition coefficient (Wildman–Crippen LogP) is 5.12. The Bertz CT molecular complexity index is 579. The molecule has 0 spiro atoms. The molecular formula is C17H24BrNO3S. The molecule has 0 saturated carbocycles. The minimum absolute atomic E-state index is 0.0815. The number of Topliss-reactive ketones (excluding diaryl/α,β-unsaturated/α-hetero) is 1. The molecule has 128 valence electrons. The Kier molecular flexibility index (Phi) is 5.89. The third kappa shape index (κ3) is 5.31. The molecule has 0 aliphatic carbocycles. The lowest BCUT2D eigenvalue weighted by molar-refractivity contribution is 0.00516. The third-order valence-corrected chi connectivity index (χ3v) is 5.54. The molecule has 1 fully saturated rings. The van der Waals surface area contributed by atoms with E-state index in [9.17, 15) is 9.59 Å². The van der Waals surface area contributed by atoms with E-state index in [0.29, 0.717) is 18.9 Å². The van der Waals surface area contributed by atoms with Gasteiger partial charge in [-0.3, -0.25) is 4.79 Å². The summed E-state index contributed by atoms with van der Waals surface area (Å²) in [6.45, 7) is 8.41. The van der Waals surface area contributed by atoms with Crippen molar-refractivity contribution in [2.45, 2.75) is 58.6 Å². The molecule has 1 aliphatic heterocycles. The summed E-state index contributed by atoms with van der Waals surface area (Å²) >= 11 is 4.82. The standard InChI is InChI=1S/C17H24BrNO3S/c1-11-7-8-19(16(21)22-17(2,3)4)12(9-11)10-13(20)14-5-6-15(18)23-14/h5-6,11-12H,7-10H2,1-4H3. The van der Waals surface area contributed by atoms with Crippen LogP contribution >= 0.6 is 27.3 Å². The average molecular weight is 402 g/mol. The number of piperidine rings is 1. The maximum Gasteiger partial charge on any atom is 0.410 e. The van der Waals surface area contributed by atoms with E-state index in [2.05, 4.69) is 22.9 Å². The molecule has 1 aromatic rings. The van der Waals surface area contributed by atoms with Gasteiger partial charge in [0.25, 0.3) is 0 Å². The summed E-state index contributed by atoms with van der Waals surface area (Å²) in [4.78, 5) is 27.4. The van der Waals surface area contributed by atoms with Crippen LogP contribution in [0.3, 0.4) is 0 Å². The van der Waals surface area contributed by atoms with Gasteiger partial charge in [0, 0.05) is 19.0 Å². The first kappa shape index (κ1) is 18.5. The van der Waals surface area contributed by atoms with Crippen molar-refractivity contribution in [3.05, 3.63) is 20.8 Å². The van der Waals surface area contributed by atoms with Gasteiger partial charge in [0.2, 0.25) is 0 Å². The number of hydrogen-bond donors (Lipinski definition) is 0. The first-order valence-electron chi connectivity index (χ1n) is 7.94. The van der Waals surface area contributed by atoms with E-state index in [-0.39, 0.29) is 17.9 Å². The Labute approximate surface area is 150 Å². The summed E-state index contributed by atoms with van der Waals surface area (Å²) in [7, 11) is 0. The molecule has 0 aromatic carbocycles. The number of amides is 1. The molecule has 0 radical (unpaired) electrons. The molecule has 1 amide bonds. The van der Waals surface area contributed by atoms with Crippen LogP contribution in [0, 0.1) is 5.92 Å². The average Bonchev–Trinajstić information content (AvgIpc) is 2.83. The largest absolute Gasteiger partial charge is 0.444 e. The second kappa shape index (κ2) is 7.34. The number of ether oxygens (including phenoxy) is 1. The lowest BCUT2D eigenvalue weighted by Gasteiger charge is -2.38. The van der Waals surface area contributed by atoms with Crippen molar-refractivity contribution in [3.63, 3.8) is 0 Å². The van der Waals surface area contributed by atoms with E-state index in [1.165, 1.54) is 11.3 Å². The van der Waals surface area contributed by atoms with E-state index in [1.807, 2.05) is 32.9 Å². The monoisotopic (exact) mass is 401 g/mol. The molecule has 1 aromatic heterocycles. The highest BCUT2D eigenvalue weighted by Crippen LogP contribution is 2.29. The summed E-state index contributed by atoms with van der Waals surface area (Å²) in [6.07, 6.45) is 1.84. The van der Waals surface area contributed by atoms with Crippen molar-refractivity contribution >= 4 is 39.1 Å². The molecule has 0 bridgehead atoms. The number of carbonyl (C=O) groups is 2. The molecule has 6 heteroatoms. The van der Waals surface area contributed by atoms with Crippen molar-refractivity contribution in [2.24, 2.45) is 5.92 Å². The SMILES string of the molecule is CC1CCN(C(=O)OC(C)(C)C)C(CC(=O)c2ccc(Br)s2)C1. The second-order valence-corrected chi connectivity index (χ2v) is 9.65. The fourth-order valence-electron chi connectivity index (χ4n) is 2.78. The molecular weight excluding hydrogens is 378 g/mol. The quantitative estimate of drug-likeness (QED) is 0.660. The number of rotatable bonds is 3. The highest BCUT2D eigenvalue weighted by Gasteiger charge is 2.34. The highest BCUT2D eigenvalue weighted by molar-refractivity contribution is 9.11. The Balaban J connectivity index is 2.08. The molecule has 23 heavy (non-hydrogen) atoms. The number of halogens is 1. The van der Waals surface area contributed by atoms with E-state index in [0.717, 1.165) is 21.5 Å². The van der Waals surface area contributed by atoms with Crippen molar-refractivity contribution in [1.29, 1.82) is 0 Å². The molecule has 2 unspecified atom stereocenters. The van der Waals surface area contributed by atoms with Gasteiger partial charge in [-0.05, 0) is 67.6 Å². The minimum atomic E-state index is -0.521. The van der Waals surface area contributed by atoms with Crippen LogP contribution < -0.4 is 0 Å². The first-order valence-corrected chi connectivity index (χ1v) is 9.55. The Hall–Kier alpha value is -0.880. The minimum Gasteiger partial charge on any atom is -0.444 e. The van der Waals surface area contributed by atoms with Crippen LogP contribution in [-0.4, -0.2) is 35.0 Å². The molecule has 2 heterocycles. The van der Waals surface area contributed by atoms with Gasteiger partial charge in [0.15, 0.2) is 5.78 Å². The van der Waals surface area contributed by atoms with Gasteiger partial charge in [0.05, 0.1) is 8.66 Å². The van der Waals surface area contributed by atoms with Crippen molar-refractivity contribution < 1.29 is 14.3 Å². The van der Waals surface area contributed by atoms with Crippen LogP contribution in [0.15, 0.2) is 15.9 Å². The van der Waals surface area contributed by atoms with E-state index in [4.69, 9.17) is 4.74 Å². The van der Waals surface area contributed by atoms with Crippen molar-refractivity contribution in [3.8, 4) is 0 Å². The number of thiophene rings is 1. The van der Waals surface area contributed by atoms with Crippen LogP contribution in [0.1, 0.15) is 56.6 Å². The second-order valence-electron chi connectivity index (χ2n) is 7.19. The number of hydrogen-bond acceptors (Lipinski definition) is 4. The lowest BCUT2D eigenvalue weighted by Crippen LogP contribution is -2.48. The molecule has 0 N–H and O–H groups in total. The molecule has 1 aliphatic rings. The highest BCUT2D eigenvalue weighted by atomic mass is 79.9. The first-order chi connectivity index (χ1) is 10.7. The summed E-state index contributed by atoms with van der Waals surface area (Å²) < 4.78 is 6.45. The zero-order valence-electron chi connectivity index (χ0n) is 14.1. The molecule has 1 saturated heterocycles. The normalized spacial score (nSPS) is 22.0. The van der Waals surface area contributed by atoms with Crippen LogP contribution in [-0.2, 0) is 4.74 Å². The summed E-state index contributed by atoms with van der Waals surface area (Å²) in [6, 6.07) is 3.63. The Morgan fingerprint density at radius 3 is 2.65 bits per heavy atom. The van der Waals surface area contributed by atoms with E-state index >= 15 is 0 Å². The van der Waals surface area contributed by atoms with E-state index < -0.39 is 5.60 Å². The van der Waals surface area contributed by atoms with Gasteiger partial charge in [-0.2, -0.15) is 0 Å². The Morgan fingerprint density at radius 2 is 2.09 bits per heavy atom. The smallest absolute Gasteiger partial charge is 0.410 e. The zero-order valence-corrected chi connectivity index (χ0v) is 16.5. The maximum atomic E-state index is 12.5. The van der Waals surface area contributed by atoms with Crippen molar-refractivity contribution in [2.75, 3.05) is 6.54 Å². The topological polar surface area (TPSA) is 46.6 Å². The predicted molar refractivity (Wildman–Crippen MR) is 96.1 cm³/mol. The number of ketones is 1. The van der Waals surface area contributed by atoms with Crippen molar-refractivity contribution in [1.82, 2.24) is 4.90 Å². The summed E-state index contributed by atoms with van der Waals surface area (Å²) in [5, 5.41) is 0. The van der Waals surface area contributed by atoms with Crippen LogP contribution in [0.2, 0.25) is 0 Å².